The number of nitrogens with zero attached hydrogens (tertiary/aromatic N) is 4. The second-order valence-corrected chi connectivity index (χ2v) is 7.69. The molecule has 30 heavy (non-hydrogen) atoms. The monoisotopic (exact) mass is 437 g/mol. The molecule has 1 aliphatic heterocycles. The van der Waals surface area contributed by atoms with Crippen LogP contribution in [0.5, 0.6) is 0 Å². The highest BCUT2D eigenvalue weighted by Gasteiger charge is 2.31. The highest BCUT2D eigenvalue weighted by Crippen LogP contribution is 2.34. The van der Waals surface area contributed by atoms with Crippen LogP contribution in [0.3, 0.4) is 0 Å². The van der Waals surface area contributed by atoms with Crippen molar-refractivity contribution in [2.24, 2.45) is 0 Å². The highest BCUT2D eigenvalue weighted by molar-refractivity contribution is 6.33. The lowest BCUT2D eigenvalue weighted by atomic mass is 9.96. The number of halogens is 4. The second-order valence-electron chi connectivity index (χ2n) is 7.28. The molecule has 10 heteroatoms. The zero-order valence-electron chi connectivity index (χ0n) is 15.9. The summed E-state index contributed by atoms with van der Waals surface area (Å²) in [5, 5.41) is 11.0. The van der Waals surface area contributed by atoms with Gasteiger partial charge in [-0.25, -0.2) is 0 Å². The van der Waals surface area contributed by atoms with E-state index < -0.39 is 17.6 Å². The molecule has 3 aromatic rings. The largest absolute Gasteiger partial charge is 0.416 e. The van der Waals surface area contributed by atoms with Crippen molar-refractivity contribution in [3.8, 4) is 0 Å². The van der Waals surface area contributed by atoms with Gasteiger partial charge in [-0.05, 0) is 56.3 Å². The lowest BCUT2D eigenvalue weighted by molar-refractivity contribution is -0.137. The average molecular weight is 438 g/mol. The molecule has 1 aromatic carbocycles. The van der Waals surface area contributed by atoms with Crippen LogP contribution in [0.1, 0.15) is 30.1 Å². The number of hydrogen-bond donors (Lipinski definition) is 1. The van der Waals surface area contributed by atoms with Crippen molar-refractivity contribution in [1.82, 2.24) is 19.5 Å². The van der Waals surface area contributed by atoms with Gasteiger partial charge in [-0.3, -0.25) is 14.1 Å². The van der Waals surface area contributed by atoms with Crippen molar-refractivity contribution < 1.29 is 18.0 Å². The zero-order chi connectivity index (χ0) is 21.3. The molecular formula is C20H19ClF3N5O. The van der Waals surface area contributed by atoms with Gasteiger partial charge in [0.25, 0.3) is 0 Å². The minimum Gasteiger partial charge on any atom is -0.324 e. The van der Waals surface area contributed by atoms with Crippen molar-refractivity contribution in [1.29, 1.82) is 0 Å². The van der Waals surface area contributed by atoms with E-state index in [4.69, 9.17) is 11.6 Å². The number of rotatable bonds is 4. The summed E-state index contributed by atoms with van der Waals surface area (Å²) < 4.78 is 40.6. The molecule has 1 N–H and O–H groups in total. The number of likely N-dealkylation sites (tertiary alicyclic amines) is 1. The Bertz CT molecular complexity index is 1060. The summed E-state index contributed by atoms with van der Waals surface area (Å²) in [6.07, 6.45) is -0.943. The van der Waals surface area contributed by atoms with Crippen LogP contribution in [0.4, 0.5) is 18.9 Å². The molecule has 0 unspecified atom stereocenters. The number of piperidine rings is 1. The number of nitrogens with one attached hydrogen (secondary N) is 1. The van der Waals surface area contributed by atoms with Crippen LogP contribution >= 0.6 is 11.6 Å². The predicted octanol–water partition coefficient (Wildman–Crippen LogP) is 4.22. The van der Waals surface area contributed by atoms with E-state index in [-0.39, 0.29) is 23.2 Å². The Hall–Kier alpha value is -2.65. The van der Waals surface area contributed by atoms with Crippen molar-refractivity contribution in [2.75, 3.05) is 25.0 Å². The van der Waals surface area contributed by atoms with Gasteiger partial charge >= 0.3 is 6.18 Å². The molecule has 2 aromatic heterocycles. The van der Waals surface area contributed by atoms with Crippen molar-refractivity contribution in [3.05, 3.63) is 59.0 Å². The van der Waals surface area contributed by atoms with Crippen LogP contribution in [-0.2, 0) is 11.0 Å². The maximum atomic E-state index is 12.9. The number of pyridine rings is 1. The fourth-order valence-corrected chi connectivity index (χ4v) is 3.84. The van der Waals surface area contributed by atoms with Crippen LogP contribution in [0.15, 0.2) is 42.6 Å². The number of benzene rings is 1. The molecule has 0 spiro atoms. The third kappa shape index (κ3) is 4.41. The molecule has 3 heterocycles. The van der Waals surface area contributed by atoms with Gasteiger partial charge in [0.05, 0.1) is 22.8 Å². The number of alkyl halides is 3. The molecular weight excluding hydrogens is 419 g/mol. The minimum absolute atomic E-state index is 0.0405. The summed E-state index contributed by atoms with van der Waals surface area (Å²) in [4.78, 5) is 14.3. The smallest absolute Gasteiger partial charge is 0.324 e. The van der Waals surface area contributed by atoms with E-state index in [0.29, 0.717) is 13.1 Å². The number of amides is 1. The van der Waals surface area contributed by atoms with Crippen LogP contribution in [0, 0.1) is 0 Å². The first-order chi connectivity index (χ1) is 14.3. The Balaban J connectivity index is 1.35. The van der Waals surface area contributed by atoms with E-state index in [0.717, 1.165) is 42.5 Å². The zero-order valence-corrected chi connectivity index (χ0v) is 16.6. The van der Waals surface area contributed by atoms with Crippen molar-refractivity contribution in [3.63, 3.8) is 0 Å². The number of carbonyl (C=O) groups is 1. The first-order valence-corrected chi connectivity index (χ1v) is 9.87. The van der Waals surface area contributed by atoms with Gasteiger partial charge < -0.3 is 5.32 Å². The molecule has 158 valence electrons. The minimum atomic E-state index is -4.50. The normalized spacial score (nSPS) is 16.1. The van der Waals surface area contributed by atoms with Gasteiger partial charge in [-0.1, -0.05) is 17.7 Å². The summed E-state index contributed by atoms with van der Waals surface area (Å²) in [5.41, 5.74) is -0.0999. The van der Waals surface area contributed by atoms with Gasteiger partial charge in [-0.15, -0.1) is 10.2 Å². The lowest BCUT2D eigenvalue weighted by Crippen LogP contribution is -2.39. The molecule has 0 aliphatic carbocycles. The molecule has 0 bridgehead atoms. The van der Waals surface area contributed by atoms with Crippen LogP contribution in [-0.4, -0.2) is 45.0 Å². The maximum absolute atomic E-state index is 12.9. The molecule has 0 saturated carbocycles. The van der Waals surface area contributed by atoms with Crippen molar-refractivity contribution in [2.45, 2.75) is 24.9 Å². The average Bonchev–Trinajstić information content (AvgIpc) is 3.13. The molecule has 4 rings (SSSR count). The van der Waals surface area contributed by atoms with Crippen molar-refractivity contribution >= 4 is 28.8 Å². The van der Waals surface area contributed by atoms with Gasteiger partial charge in [0, 0.05) is 12.1 Å². The van der Waals surface area contributed by atoms with E-state index in [1.54, 1.807) is 0 Å². The molecule has 0 radical (unpaired) electrons. The summed E-state index contributed by atoms with van der Waals surface area (Å²) in [7, 11) is 0. The van der Waals surface area contributed by atoms with E-state index in [1.807, 2.05) is 33.7 Å². The highest BCUT2D eigenvalue weighted by atomic mass is 35.5. The Labute approximate surface area is 175 Å². The predicted molar refractivity (Wildman–Crippen MR) is 106 cm³/mol. The summed E-state index contributed by atoms with van der Waals surface area (Å²) in [6.45, 7) is 1.44. The molecule has 0 atom stereocenters. The van der Waals surface area contributed by atoms with Crippen LogP contribution in [0.25, 0.3) is 5.65 Å². The van der Waals surface area contributed by atoms with E-state index >= 15 is 0 Å². The van der Waals surface area contributed by atoms with Gasteiger partial charge in [0.2, 0.25) is 5.91 Å². The van der Waals surface area contributed by atoms with Crippen LogP contribution in [0.2, 0.25) is 5.02 Å². The third-order valence-electron chi connectivity index (χ3n) is 5.23. The summed E-state index contributed by atoms with van der Waals surface area (Å²) in [6, 6.07) is 8.60. The van der Waals surface area contributed by atoms with Crippen LogP contribution < -0.4 is 5.32 Å². The standard InChI is InChI=1S/C20H19ClF3N5O/c21-15-5-4-14(20(22,23)24)11-16(15)25-18(30)12-28-9-6-13(7-10-28)19-27-26-17-3-1-2-8-29(17)19/h1-5,8,11,13H,6-7,9-10,12H2,(H,25,30). The fraction of sp³-hybridized carbons (Fsp3) is 0.350. The van der Waals surface area contributed by atoms with Gasteiger partial charge in [0.15, 0.2) is 5.65 Å². The fourth-order valence-electron chi connectivity index (χ4n) is 3.68. The lowest BCUT2D eigenvalue weighted by Gasteiger charge is -2.30. The first-order valence-electron chi connectivity index (χ1n) is 9.50. The Kier molecular flexibility index (Phi) is 5.66. The summed E-state index contributed by atoms with van der Waals surface area (Å²) in [5.74, 6) is 0.743. The van der Waals surface area contributed by atoms with E-state index in [1.165, 1.54) is 0 Å². The van der Waals surface area contributed by atoms with E-state index in [2.05, 4.69) is 15.5 Å². The Morgan fingerprint density at radius 1 is 1.17 bits per heavy atom. The van der Waals surface area contributed by atoms with E-state index in [9.17, 15) is 18.0 Å². The second kappa shape index (κ2) is 8.23. The third-order valence-corrected chi connectivity index (χ3v) is 5.56. The first kappa shape index (κ1) is 20.6. The number of aromatic nitrogens is 3. The Morgan fingerprint density at radius 2 is 1.93 bits per heavy atom. The Morgan fingerprint density at radius 3 is 2.67 bits per heavy atom. The number of carbonyl (C=O) groups excluding carboxylic acids is 1. The molecule has 1 amide bonds. The molecule has 1 aliphatic rings. The number of hydrogen-bond acceptors (Lipinski definition) is 4. The molecule has 6 nitrogen and oxygen atoms in total. The molecule has 1 saturated heterocycles. The number of anilines is 1. The SMILES string of the molecule is O=C(CN1CCC(c2nnc3ccccn23)CC1)Nc1cc(C(F)(F)F)ccc1Cl. The van der Waals surface area contributed by atoms with Gasteiger partial charge in [-0.2, -0.15) is 13.2 Å². The van der Waals surface area contributed by atoms with Gasteiger partial charge in [0.1, 0.15) is 5.82 Å². The molecule has 1 fully saturated rings. The topological polar surface area (TPSA) is 62.5 Å². The maximum Gasteiger partial charge on any atom is 0.416 e. The summed E-state index contributed by atoms with van der Waals surface area (Å²) >= 11 is 5.95. The number of fused-ring (bicyclic) bond motifs is 1. The quantitative estimate of drug-likeness (QED) is 0.664.